The SMILES string of the molecule is BrC1=CC(I)C=C1. The minimum absolute atomic E-state index is 0.604. The van der Waals surface area contributed by atoms with Gasteiger partial charge in [0.15, 0.2) is 0 Å². The Morgan fingerprint density at radius 1 is 1.71 bits per heavy atom. The maximum atomic E-state index is 3.35. The quantitative estimate of drug-likeness (QED) is 0.469. The van der Waals surface area contributed by atoms with Gasteiger partial charge < -0.3 is 0 Å². The average Bonchev–Trinajstić information content (AvgIpc) is 1.87. The molecular weight excluding hydrogens is 267 g/mol. The molecule has 38 valence electrons. The van der Waals surface area contributed by atoms with Crippen LogP contribution in [0.4, 0.5) is 0 Å². The molecule has 0 aromatic heterocycles. The number of allylic oxidation sites excluding steroid dienone is 4. The largest absolute Gasteiger partial charge is 0.0734 e. The van der Waals surface area contributed by atoms with Crippen molar-refractivity contribution in [2.24, 2.45) is 0 Å². The second kappa shape index (κ2) is 2.31. The molecule has 0 nitrogen and oxygen atoms in total. The van der Waals surface area contributed by atoms with Crippen LogP contribution in [0, 0.1) is 0 Å². The third-order valence-corrected chi connectivity index (χ3v) is 2.06. The topological polar surface area (TPSA) is 0 Å². The van der Waals surface area contributed by atoms with Gasteiger partial charge in [0.25, 0.3) is 0 Å². The average molecular weight is 271 g/mol. The lowest BCUT2D eigenvalue weighted by Crippen LogP contribution is -1.75. The Balaban J connectivity index is 2.69. The summed E-state index contributed by atoms with van der Waals surface area (Å²) < 4.78 is 1.80. The van der Waals surface area contributed by atoms with Gasteiger partial charge >= 0.3 is 0 Å². The van der Waals surface area contributed by atoms with Gasteiger partial charge in [-0.1, -0.05) is 56.7 Å². The molecule has 0 fully saturated rings. The van der Waals surface area contributed by atoms with Crippen LogP contribution in [0.3, 0.4) is 0 Å². The van der Waals surface area contributed by atoms with Crippen molar-refractivity contribution < 1.29 is 0 Å². The molecular formula is C5H4BrI. The number of rotatable bonds is 0. The molecule has 0 heterocycles. The normalized spacial score (nSPS) is 28.3. The lowest BCUT2D eigenvalue weighted by Gasteiger charge is -1.82. The van der Waals surface area contributed by atoms with Gasteiger partial charge in [-0.2, -0.15) is 0 Å². The summed E-state index contributed by atoms with van der Waals surface area (Å²) in [4.78, 5) is 0. The molecule has 0 saturated carbocycles. The van der Waals surface area contributed by atoms with Crippen LogP contribution in [-0.2, 0) is 0 Å². The zero-order valence-corrected chi connectivity index (χ0v) is 7.31. The van der Waals surface area contributed by atoms with E-state index in [1.165, 1.54) is 4.48 Å². The molecule has 0 N–H and O–H groups in total. The van der Waals surface area contributed by atoms with Crippen LogP contribution in [0.15, 0.2) is 22.7 Å². The van der Waals surface area contributed by atoms with Crippen molar-refractivity contribution in [3.63, 3.8) is 0 Å². The van der Waals surface area contributed by atoms with E-state index in [1.54, 1.807) is 0 Å². The Morgan fingerprint density at radius 2 is 2.43 bits per heavy atom. The smallest absolute Gasteiger partial charge is 0.0486 e. The van der Waals surface area contributed by atoms with Crippen LogP contribution in [0.2, 0.25) is 0 Å². The standard InChI is InChI=1S/C5H4BrI/c6-4-1-2-5(7)3-4/h1-3,5H. The van der Waals surface area contributed by atoms with Gasteiger partial charge in [-0.15, -0.1) is 0 Å². The van der Waals surface area contributed by atoms with Gasteiger partial charge in [-0.05, 0) is 0 Å². The van der Waals surface area contributed by atoms with Crippen LogP contribution in [-0.4, -0.2) is 3.92 Å². The van der Waals surface area contributed by atoms with Crippen LogP contribution >= 0.6 is 38.5 Å². The third kappa shape index (κ3) is 1.57. The molecule has 0 bridgehead atoms. The van der Waals surface area contributed by atoms with Gasteiger partial charge in [0.05, 0.1) is 0 Å². The molecule has 1 rings (SSSR count). The van der Waals surface area contributed by atoms with E-state index >= 15 is 0 Å². The Hall–Kier alpha value is 0.690. The molecule has 1 aliphatic rings. The summed E-state index contributed by atoms with van der Waals surface area (Å²) in [6.07, 6.45) is 6.36. The fourth-order valence-electron chi connectivity index (χ4n) is 0.447. The summed E-state index contributed by atoms with van der Waals surface area (Å²) in [6.45, 7) is 0. The Labute approximate surface area is 64.9 Å². The maximum Gasteiger partial charge on any atom is 0.0486 e. The fraction of sp³-hybridized carbons (Fsp3) is 0.200. The molecule has 0 aromatic rings. The Morgan fingerprint density at radius 3 is 2.57 bits per heavy atom. The van der Waals surface area contributed by atoms with Crippen LogP contribution in [0.5, 0.6) is 0 Å². The highest BCUT2D eigenvalue weighted by atomic mass is 127. The summed E-state index contributed by atoms with van der Waals surface area (Å²) in [6, 6.07) is 0. The first-order valence-corrected chi connectivity index (χ1v) is 4.02. The van der Waals surface area contributed by atoms with E-state index in [4.69, 9.17) is 0 Å². The molecule has 0 saturated heterocycles. The summed E-state index contributed by atoms with van der Waals surface area (Å²) in [5, 5.41) is 0. The first kappa shape index (κ1) is 5.82. The minimum Gasteiger partial charge on any atom is -0.0734 e. The van der Waals surface area contributed by atoms with E-state index < -0.39 is 0 Å². The molecule has 0 spiro atoms. The maximum absolute atomic E-state index is 3.35. The summed E-state index contributed by atoms with van der Waals surface area (Å²) in [5.74, 6) is 0. The predicted molar refractivity (Wildman–Crippen MR) is 44.0 cm³/mol. The van der Waals surface area contributed by atoms with Gasteiger partial charge in [-0.25, -0.2) is 0 Å². The van der Waals surface area contributed by atoms with Crippen LogP contribution < -0.4 is 0 Å². The number of halogens is 2. The van der Waals surface area contributed by atoms with E-state index in [2.05, 4.69) is 56.7 Å². The van der Waals surface area contributed by atoms with Crippen molar-refractivity contribution >= 4 is 38.5 Å². The Kier molecular flexibility index (Phi) is 1.92. The summed E-state index contributed by atoms with van der Waals surface area (Å²) >= 11 is 5.70. The van der Waals surface area contributed by atoms with Crippen LogP contribution in [0.25, 0.3) is 0 Å². The summed E-state index contributed by atoms with van der Waals surface area (Å²) in [5.41, 5.74) is 0. The monoisotopic (exact) mass is 270 g/mol. The second-order valence-corrected chi connectivity index (χ2v) is 3.71. The molecule has 0 aliphatic heterocycles. The van der Waals surface area contributed by atoms with E-state index in [-0.39, 0.29) is 0 Å². The highest BCUT2D eigenvalue weighted by Crippen LogP contribution is 2.20. The lowest BCUT2D eigenvalue weighted by atomic mass is 10.5. The van der Waals surface area contributed by atoms with Crippen LogP contribution in [0.1, 0.15) is 0 Å². The lowest BCUT2D eigenvalue weighted by molar-refractivity contribution is 1.54. The van der Waals surface area contributed by atoms with Gasteiger partial charge in [0, 0.05) is 8.41 Å². The van der Waals surface area contributed by atoms with Gasteiger partial charge in [0.2, 0.25) is 0 Å². The number of alkyl halides is 1. The van der Waals surface area contributed by atoms with E-state index in [0.717, 1.165) is 0 Å². The molecule has 1 unspecified atom stereocenters. The predicted octanol–water partition coefficient (Wildman–Crippen LogP) is 2.64. The summed E-state index contributed by atoms with van der Waals surface area (Å²) in [7, 11) is 0. The van der Waals surface area contributed by atoms with Gasteiger partial charge in [-0.3, -0.25) is 0 Å². The zero-order chi connectivity index (χ0) is 5.28. The molecule has 1 atom stereocenters. The fourth-order valence-corrected chi connectivity index (χ4v) is 1.97. The second-order valence-electron chi connectivity index (χ2n) is 1.36. The zero-order valence-electron chi connectivity index (χ0n) is 3.57. The Bertz CT molecular complexity index is 126. The van der Waals surface area contributed by atoms with Crippen molar-refractivity contribution in [3.05, 3.63) is 22.7 Å². The van der Waals surface area contributed by atoms with E-state index in [0.29, 0.717) is 3.92 Å². The van der Waals surface area contributed by atoms with E-state index in [9.17, 15) is 0 Å². The molecule has 1 aliphatic carbocycles. The van der Waals surface area contributed by atoms with Crippen molar-refractivity contribution in [2.45, 2.75) is 3.92 Å². The molecule has 7 heavy (non-hydrogen) atoms. The van der Waals surface area contributed by atoms with Gasteiger partial charge in [0.1, 0.15) is 0 Å². The third-order valence-electron chi connectivity index (χ3n) is 0.758. The first-order valence-electron chi connectivity index (χ1n) is 1.98. The first-order chi connectivity index (χ1) is 3.29. The highest BCUT2D eigenvalue weighted by molar-refractivity contribution is 14.1. The van der Waals surface area contributed by atoms with Crippen molar-refractivity contribution in [3.8, 4) is 0 Å². The molecule has 0 amide bonds. The van der Waals surface area contributed by atoms with E-state index in [1.807, 2.05) is 0 Å². The molecule has 0 radical (unpaired) electrons. The minimum atomic E-state index is 0.604. The highest BCUT2D eigenvalue weighted by Gasteiger charge is 2.00. The molecule has 0 aromatic carbocycles. The number of hydrogen-bond donors (Lipinski definition) is 0. The van der Waals surface area contributed by atoms with Crippen molar-refractivity contribution in [1.29, 1.82) is 0 Å². The van der Waals surface area contributed by atoms with Crippen molar-refractivity contribution in [1.82, 2.24) is 0 Å². The number of hydrogen-bond acceptors (Lipinski definition) is 0. The van der Waals surface area contributed by atoms with Crippen molar-refractivity contribution in [2.75, 3.05) is 0 Å². The molecule has 2 heteroatoms.